The number of benzene rings is 2. The topological polar surface area (TPSA) is 45.2 Å². The molecule has 1 aromatic heterocycles. The lowest BCUT2D eigenvalue weighted by atomic mass is 10.0. The molecule has 4 nitrogen and oxygen atoms in total. The fourth-order valence-electron chi connectivity index (χ4n) is 3.02. The second kappa shape index (κ2) is 8.49. The first-order valence-corrected chi connectivity index (χ1v) is 9.15. The maximum absolute atomic E-state index is 12.8. The number of hydrogen-bond acceptors (Lipinski definition) is 3. The maximum Gasteiger partial charge on any atom is 0.257 e. The number of rotatable bonds is 6. The second-order valence-corrected chi connectivity index (χ2v) is 6.97. The van der Waals surface area contributed by atoms with Gasteiger partial charge in [0.2, 0.25) is 0 Å². The molecule has 0 spiro atoms. The third-order valence-corrected chi connectivity index (χ3v) is 4.52. The zero-order valence-corrected chi connectivity index (χ0v) is 16.0. The Morgan fingerprint density at radius 3 is 2.48 bits per heavy atom. The second-order valence-electron chi connectivity index (χ2n) is 6.97. The van der Waals surface area contributed by atoms with Gasteiger partial charge in [0.1, 0.15) is 0 Å². The zero-order chi connectivity index (χ0) is 19.2. The van der Waals surface area contributed by atoms with Crippen molar-refractivity contribution < 1.29 is 4.79 Å². The van der Waals surface area contributed by atoms with Gasteiger partial charge in [-0.1, -0.05) is 62.4 Å². The van der Waals surface area contributed by atoms with Crippen LogP contribution in [0.3, 0.4) is 0 Å². The van der Waals surface area contributed by atoms with Gasteiger partial charge in [-0.25, -0.2) is 0 Å². The SMILES string of the molecule is CC(C)c1ccccc1NC(=O)c1cncc(N(C)Cc2ccccc2)c1. The van der Waals surface area contributed by atoms with E-state index >= 15 is 0 Å². The van der Waals surface area contributed by atoms with Crippen LogP contribution in [-0.2, 0) is 6.54 Å². The molecule has 0 aliphatic heterocycles. The molecule has 4 heteroatoms. The summed E-state index contributed by atoms with van der Waals surface area (Å²) in [5.41, 5.74) is 4.63. The Morgan fingerprint density at radius 2 is 1.74 bits per heavy atom. The first kappa shape index (κ1) is 18.6. The molecule has 0 aliphatic rings. The molecule has 0 bridgehead atoms. The first-order chi connectivity index (χ1) is 13.0. The Labute approximate surface area is 160 Å². The van der Waals surface area contributed by atoms with Crippen molar-refractivity contribution in [3.63, 3.8) is 0 Å². The molecule has 1 amide bonds. The average molecular weight is 359 g/mol. The summed E-state index contributed by atoms with van der Waals surface area (Å²) in [6.45, 7) is 4.99. The van der Waals surface area contributed by atoms with E-state index in [-0.39, 0.29) is 5.91 Å². The van der Waals surface area contributed by atoms with Crippen molar-refractivity contribution in [1.82, 2.24) is 4.98 Å². The summed E-state index contributed by atoms with van der Waals surface area (Å²) in [5.74, 6) is 0.188. The smallest absolute Gasteiger partial charge is 0.257 e. The zero-order valence-electron chi connectivity index (χ0n) is 16.0. The molecule has 0 unspecified atom stereocenters. The molecule has 3 rings (SSSR count). The highest BCUT2D eigenvalue weighted by atomic mass is 16.1. The van der Waals surface area contributed by atoms with Crippen LogP contribution in [0, 0.1) is 0 Å². The van der Waals surface area contributed by atoms with E-state index in [0.29, 0.717) is 11.5 Å². The number of amides is 1. The molecule has 1 N–H and O–H groups in total. The summed E-state index contributed by atoms with van der Waals surface area (Å²) in [6.07, 6.45) is 3.38. The van der Waals surface area contributed by atoms with Gasteiger partial charge in [-0.15, -0.1) is 0 Å². The van der Waals surface area contributed by atoms with E-state index < -0.39 is 0 Å². The van der Waals surface area contributed by atoms with Crippen molar-refractivity contribution >= 4 is 17.3 Å². The number of hydrogen-bond donors (Lipinski definition) is 1. The summed E-state index contributed by atoms with van der Waals surface area (Å²) in [6, 6.07) is 20.0. The third kappa shape index (κ3) is 4.73. The molecule has 3 aromatic rings. The molecule has 0 fully saturated rings. The van der Waals surface area contributed by atoms with Crippen LogP contribution in [0.1, 0.15) is 41.3 Å². The number of para-hydroxylation sites is 1. The molecule has 2 aromatic carbocycles. The van der Waals surface area contributed by atoms with Gasteiger partial charge in [0.15, 0.2) is 0 Å². The summed E-state index contributed by atoms with van der Waals surface area (Å²) < 4.78 is 0. The van der Waals surface area contributed by atoms with Gasteiger partial charge >= 0.3 is 0 Å². The van der Waals surface area contributed by atoms with Crippen molar-refractivity contribution in [3.8, 4) is 0 Å². The normalized spacial score (nSPS) is 10.7. The lowest BCUT2D eigenvalue weighted by Crippen LogP contribution is -2.18. The van der Waals surface area contributed by atoms with E-state index in [1.54, 1.807) is 12.4 Å². The van der Waals surface area contributed by atoms with Crippen molar-refractivity contribution in [1.29, 1.82) is 0 Å². The number of nitrogens with zero attached hydrogens (tertiary/aromatic N) is 2. The van der Waals surface area contributed by atoms with Gasteiger partial charge in [-0.2, -0.15) is 0 Å². The van der Waals surface area contributed by atoms with Gasteiger partial charge in [0.05, 0.1) is 17.4 Å². The van der Waals surface area contributed by atoms with E-state index in [1.807, 2.05) is 55.6 Å². The third-order valence-electron chi connectivity index (χ3n) is 4.52. The number of nitrogens with one attached hydrogen (secondary N) is 1. The number of aromatic nitrogens is 1. The number of anilines is 2. The molecule has 0 radical (unpaired) electrons. The van der Waals surface area contributed by atoms with Crippen LogP contribution in [0.25, 0.3) is 0 Å². The fraction of sp³-hybridized carbons (Fsp3) is 0.217. The predicted octanol–water partition coefficient (Wildman–Crippen LogP) is 5.09. The van der Waals surface area contributed by atoms with Crippen LogP contribution in [-0.4, -0.2) is 17.9 Å². The van der Waals surface area contributed by atoms with E-state index in [0.717, 1.165) is 23.5 Å². The highest BCUT2D eigenvalue weighted by Gasteiger charge is 2.13. The quantitative estimate of drug-likeness (QED) is 0.666. The van der Waals surface area contributed by atoms with Crippen molar-refractivity contribution in [2.75, 3.05) is 17.3 Å². The molecule has 0 atom stereocenters. The minimum Gasteiger partial charge on any atom is -0.369 e. The van der Waals surface area contributed by atoms with Crippen molar-refractivity contribution in [2.45, 2.75) is 26.3 Å². The molecular weight excluding hydrogens is 334 g/mol. The summed E-state index contributed by atoms with van der Waals surface area (Å²) in [7, 11) is 2.00. The van der Waals surface area contributed by atoms with Gasteiger partial charge in [-0.05, 0) is 29.2 Å². The van der Waals surface area contributed by atoms with Crippen LogP contribution < -0.4 is 10.2 Å². The Morgan fingerprint density at radius 1 is 1.04 bits per heavy atom. The highest BCUT2D eigenvalue weighted by molar-refractivity contribution is 6.05. The molecule has 0 saturated carbocycles. The van der Waals surface area contributed by atoms with Crippen LogP contribution in [0.5, 0.6) is 0 Å². The fourth-order valence-corrected chi connectivity index (χ4v) is 3.02. The molecule has 138 valence electrons. The monoisotopic (exact) mass is 359 g/mol. The van der Waals surface area contributed by atoms with Crippen molar-refractivity contribution in [2.24, 2.45) is 0 Å². The summed E-state index contributed by atoms with van der Waals surface area (Å²) >= 11 is 0. The highest BCUT2D eigenvalue weighted by Crippen LogP contribution is 2.24. The first-order valence-electron chi connectivity index (χ1n) is 9.15. The Hall–Kier alpha value is -3.14. The largest absolute Gasteiger partial charge is 0.369 e. The van der Waals surface area contributed by atoms with Crippen LogP contribution in [0.15, 0.2) is 73.1 Å². The molecular formula is C23H25N3O. The Bertz CT molecular complexity index is 906. The van der Waals surface area contributed by atoms with Gasteiger partial charge in [-0.3, -0.25) is 9.78 Å². The van der Waals surface area contributed by atoms with Crippen LogP contribution in [0.4, 0.5) is 11.4 Å². The summed E-state index contributed by atoms with van der Waals surface area (Å²) in [5, 5.41) is 3.03. The van der Waals surface area contributed by atoms with Crippen LogP contribution in [0.2, 0.25) is 0 Å². The molecule has 0 saturated heterocycles. The average Bonchev–Trinajstić information content (AvgIpc) is 2.69. The summed E-state index contributed by atoms with van der Waals surface area (Å²) in [4.78, 5) is 19.1. The van der Waals surface area contributed by atoms with E-state index in [2.05, 4.69) is 41.2 Å². The van der Waals surface area contributed by atoms with E-state index in [4.69, 9.17) is 0 Å². The lowest BCUT2D eigenvalue weighted by molar-refractivity contribution is 0.102. The molecule has 1 heterocycles. The Kier molecular flexibility index (Phi) is 5.87. The van der Waals surface area contributed by atoms with E-state index in [9.17, 15) is 4.79 Å². The number of carbonyl (C=O) groups excluding carboxylic acids is 1. The van der Waals surface area contributed by atoms with Gasteiger partial charge in [0, 0.05) is 25.5 Å². The number of carbonyl (C=O) groups is 1. The van der Waals surface area contributed by atoms with Crippen molar-refractivity contribution in [3.05, 3.63) is 89.7 Å². The predicted molar refractivity (Wildman–Crippen MR) is 111 cm³/mol. The minimum atomic E-state index is -0.148. The van der Waals surface area contributed by atoms with Crippen LogP contribution >= 0.6 is 0 Å². The minimum absolute atomic E-state index is 0.148. The Balaban J connectivity index is 1.76. The molecule has 0 aliphatic carbocycles. The van der Waals surface area contributed by atoms with Gasteiger partial charge in [0.25, 0.3) is 5.91 Å². The van der Waals surface area contributed by atoms with Gasteiger partial charge < -0.3 is 10.2 Å². The van der Waals surface area contributed by atoms with E-state index in [1.165, 1.54) is 5.56 Å². The lowest BCUT2D eigenvalue weighted by Gasteiger charge is -2.20. The molecule has 27 heavy (non-hydrogen) atoms. The number of pyridine rings is 1. The standard InChI is InChI=1S/C23H25N3O/c1-17(2)21-11-7-8-12-22(21)25-23(27)19-13-20(15-24-14-19)26(3)16-18-9-5-4-6-10-18/h4-15,17H,16H2,1-3H3,(H,25,27). The maximum atomic E-state index is 12.8.